The lowest BCUT2D eigenvalue weighted by Gasteiger charge is -2.35. The average molecular weight is 332 g/mol. The molecule has 126 valence electrons. The standard InChI is InChI=1S/C14H24N2O5S/c1-21-7-6-15-4-5-16(10-14(15)18)13(17)9-12-3-2-8-22(19,20)11-12/h12H,2-11H2,1H3. The van der Waals surface area contributed by atoms with Crippen molar-refractivity contribution in [2.75, 3.05) is 51.4 Å². The van der Waals surface area contributed by atoms with Crippen LogP contribution in [0.2, 0.25) is 0 Å². The molecule has 0 spiro atoms. The molecular formula is C14H24N2O5S. The van der Waals surface area contributed by atoms with Crippen LogP contribution in [0.5, 0.6) is 0 Å². The Morgan fingerprint density at radius 1 is 1.36 bits per heavy atom. The third-order valence-electron chi connectivity index (χ3n) is 4.26. The monoisotopic (exact) mass is 332 g/mol. The summed E-state index contributed by atoms with van der Waals surface area (Å²) < 4.78 is 28.2. The lowest BCUT2D eigenvalue weighted by Crippen LogP contribution is -2.53. The SMILES string of the molecule is COCCN1CCN(C(=O)CC2CCCS(=O)(=O)C2)CC1=O. The van der Waals surface area contributed by atoms with Gasteiger partial charge in [-0.1, -0.05) is 0 Å². The van der Waals surface area contributed by atoms with Crippen molar-refractivity contribution < 1.29 is 22.7 Å². The lowest BCUT2D eigenvalue weighted by atomic mass is 10.0. The Morgan fingerprint density at radius 2 is 2.14 bits per heavy atom. The van der Waals surface area contributed by atoms with E-state index in [2.05, 4.69) is 0 Å². The van der Waals surface area contributed by atoms with Gasteiger partial charge >= 0.3 is 0 Å². The fourth-order valence-corrected chi connectivity index (χ4v) is 4.79. The molecule has 1 unspecified atom stereocenters. The van der Waals surface area contributed by atoms with Gasteiger partial charge in [-0.2, -0.15) is 0 Å². The second kappa shape index (κ2) is 7.41. The molecule has 0 aliphatic carbocycles. The minimum Gasteiger partial charge on any atom is -0.383 e. The van der Waals surface area contributed by atoms with E-state index >= 15 is 0 Å². The highest BCUT2D eigenvalue weighted by Gasteiger charge is 2.31. The first-order valence-corrected chi connectivity index (χ1v) is 9.48. The minimum absolute atomic E-state index is 0.0760. The first-order valence-electron chi connectivity index (χ1n) is 7.66. The highest BCUT2D eigenvalue weighted by molar-refractivity contribution is 7.91. The zero-order valence-electron chi connectivity index (χ0n) is 13.0. The first-order chi connectivity index (χ1) is 10.4. The number of piperazine rings is 1. The van der Waals surface area contributed by atoms with Gasteiger partial charge in [-0.25, -0.2) is 8.42 Å². The molecule has 2 saturated heterocycles. The van der Waals surface area contributed by atoms with E-state index in [-0.39, 0.29) is 42.2 Å². The van der Waals surface area contributed by atoms with Crippen LogP contribution in [0.1, 0.15) is 19.3 Å². The van der Waals surface area contributed by atoms with Crippen molar-refractivity contribution in [3.63, 3.8) is 0 Å². The number of ether oxygens (including phenoxy) is 1. The number of methoxy groups -OCH3 is 1. The van der Waals surface area contributed by atoms with Gasteiger partial charge in [0.05, 0.1) is 24.7 Å². The Balaban J connectivity index is 1.83. The second-order valence-electron chi connectivity index (χ2n) is 6.02. The fraction of sp³-hybridized carbons (Fsp3) is 0.857. The molecule has 0 aromatic rings. The van der Waals surface area contributed by atoms with Crippen molar-refractivity contribution in [1.82, 2.24) is 9.80 Å². The van der Waals surface area contributed by atoms with Gasteiger partial charge in [0, 0.05) is 33.2 Å². The van der Waals surface area contributed by atoms with Crippen LogP contribution in [-0.4, -0.2) is 81.4 Å². The molecule has 0 aromatic carbocycles. The number of amides is 2. The van der Waals surface area contributed by atoms with Gasteiger partial charge in [-0.15, -0.1) is 0 Å². The number of carbonyl (C=O) groups excluding carboxylic acids is 2. The van der Waals surface area contributed by atoms with E-state index in [0.29, 0.717) is 32.7 Å². The average Bonchev–Trinajstić information content (AvgIpc) is 2.44. The Labute approximate surface area is 131 Å². The van der Waals surface area contributed by atoms with E-state index < -0.39 is 9.84 Å². The Morgan fingerprint density at radius 3 is 2.77 bits per heavy atom. The Kier molecular flexibility index (Phi) is 5.80. The predicted octanol–water partition coefficient (Wildman–Crippen LogP) is -0.481. The Hall–Kier alpha value is -1.15. The summed E-state index contributed by atoms with van der Waals surface area (Å²) in [5, 5.41) is 0. The first kappa shape index (κ1) is 17.2. The summed E-state index contributed by atoms with van der Waals surface area (Å²) in [7, 11) is -1.41. The topological polar surface area (TPSA) is 84.0 Å². The number of hydrogen-bond acceptors (Lipinski definition) is 5. The van der Waals surface area contributed by atoms with Gasteiger partial charge < -0.3 is 14.5 Å². The van der Waals surface area contributed by atoms with Crippen LogP contribution in [0, 0.1) is 5.92 Å². The summed E-state index contributed by atoms with van der Waals surface area (Å²) in [5.41, 5.74) is 0. The van der Waals surface area contributed by atoms with Crippen LogP contribution < -0.4 is 0 Å². The van der Waals surface area contributed by atoms with Gasteiger partial charge in [-0.3, -0.25) is 9.59 Å². The summed E-state index contributed by atoms with van der Waals surface area (Å²) in [4.78, 5) is 27.5. The zero-order chi connectivity index (χ0) is 16.2. The molecule has 2 fully saturated rings. The molecular weight excluding hydrogens is 308 g/mol. The van der Waals surface area contributed by atoms with Crippen molar-refractivity contribution >= 4 is 21.7 Å². The van der Waals surface area contributed by atoms with Crippen LogP contribution in [0.4, 0.5) is 0 Å². The van der Waals surface area contributed by atoms with Gasteiger partial charge in [0.15, 0.2) is 9.84 Å². The number of hydrogen-bond donors (Lipinski definition) is 0. The quantitative estimate of drug-likeness (QED) is 0.679. The van der Waals surface area contributed by atoms with Gasteiger partial charge in [0.1, 0.15) is 0 Å². The smallest absolute Gasteiger partial charge is 0.242 e. The normalized spacial score (nSPS) is 25.3. The number of carbonyl (C=O) groups is 2. The molecule has 2 aliphatic heterocycles. The molecule has 0 saturated carbocycles. The summed E-state index contributed by atoms with van der Waals surface area (Å²) in [5.74, 6) is 0.0390. The van der Waals surface area contributed by atoms with E-state index in [1.807, 2.05) is 0 Å². The summed E-state index contributed by atoms with van der Waals surface area (Å²) in [6.07, 6.45) is 1.63. The number of nitrogens with zero attached hydrogens (tertiary/aromatic N) is 2. The lowest BCUT2D eigenvalue weighted by molar-refractivity contribution is -0.146. The van der Waals surface area contributed by atoms with Crippen LogP contribution in [0.3, 0.4) is 0 Å². The van der Waals surface area contributed by atoms with Gasteiger partial charge in [-0.05, 0) is 18.8 Å². The van der Waals surface area contributed by atoms with Crippen molar-refractivity contribution in [2.45, 2.75) is 19.3 Å². The number of rotatable bonds is 5. The molecule has 8 heteroatoms. The summed E-state index contributed by atoms with van der Waals surface area (Å²) >= 11 is 0. The molecule has 0 N–H and O–H groups in total. The van der Waals surface area contributed by atoms with Crippen LogP contribution in [0.25, 0.3) is 0 Å². The number of sulfone groups is 1. The Bertz CT molecular complexity index is 519. The second-order valence-corrected chi connectivity index (χ2v) is 8.24. The molecule has 22 heavy (non-hydrogen) atoms. The molecule has 2 heterocycles. The molecule has 2 aliphatic rings. The highest BCUT2D eigenvalue weighted by atomic mass is 32.2. The molecule has 1 atom stereocenters. The van der Waals surface area contributed by atoms with E-state index in [1.165, 1.54) is 0 Å². The molecule has 2 rings (SSSR count). The molecule has 0 bridgehead atoms. The molecule has 0 aromatic heterocycles. The third-order valence-corrected chi connectivity index (χ3v) is 6.15. The van der Waals surface area contributed by atoms with E-state index in [0.717, 1.165) is 6.42 Å². The van der Waals surface area contributed by atoms with E-state index in [1.54, 1.807) is 16.9 Å². The maximum absolute atomic E-state index is 12.3. The molecule has 2 amide bonds. The summed E-state index contributed by atoms with van der Waals surface area (Å²) in [6.45, 7) is 2.13. The van der Waals surface area contributed by atoms with Crippen molar-refractivity contribution in [2.24, 2.45) is 5.92 Å². The van der Waals surface area contributed by atoms with Crippen molar-refractivity contribution in [3.8, 4) is 0 Å². The van der Waals surface area contributed by atoms with Crippen LogP contribution in [0.15, 0.2) is 0 Å². The van der Waals surface area contributed by atoms with Crippen LogP contribution >= 0.6 is 0 Å². The van der Waals surface area contributed by atoms with Crippen molar-refractivity contribution in [3.05, 3.63) is 0 Å². The van der Waals surface area contributed by atoms with Gasteiger partial charge in [0.25, 0.3) is 0 Å². The largest absolute Gasteiger partial charge is 0.383 e. The maximum Gasteiger partial charge on any atom is 0.242 e. The zero-order valence-corrected chi connectivity index (χ0v) is 13.8. The minimum atomic E-state index is -3.00. The van der Waals surface area contributed by atoms with Crippen molar-refractivity contribution in [1.29, 1.82) is 0 Å². The fourth-order valence-electron chi connectivity index (χ4n) is 3.01. The predicted molar refractivity (Wildman–Crippen MR) is 81.0 cm³/mol. The molecule has 7 nitrogen and oxygen atoms in total. The third kappa shape index (κ3) is 4.67. The summed E-state index contributed by atoms with van der Waals surface area (Å²) in [6, 6.07) is 0. The highest BCUT2D eigenvalue weighted by Crippen LogP contribution is 2.22. The van der Waals surface area contributed by atoms with Gasteiger partial charge in [0.2, 0.25) is 11.8 Å². The van der Waals surface area contributed by atoms with E-state index in [9.17, 15) is 18.0 Å². The molecule has 0 radical (unpaired) electrons. The van der Waals surface area contributed by atoms with Crippen LogP contribution in [-0.2, 0) is 24.2 Å². The maximum atomic E-state index is 12.3. The van der Waals surface area contributed by atoms with E-state index in [4.69, 9.17) is 4.74 Å².